The zero-order valence-electron chi connectivity index (χ0n) is 12.0. The Hall–Kier alpha value is -1.31. The predicted molar refractivity (Wildman–Crippen MR) is 94.9 cm³/mol. The summed E-state index contributed by atoms with van der Waals surface area (Å²) >= 11 is 5.23. The van der Waals surface area contributed by atoms with E-state index >= 15 is 0 Å². The second kappa shape index (κ2) is 6.06. The number of fused-ring (bicyclic) bond motifs is 1. The predicted octanol–water partition coefficient (Wildman–Crippen LogP) is 3.64. The molecule has 3 heterocycles. The maximum atomic E-state index is 5.83. The summed E-state index contributed by atoms with van der Waals surface area (Å²) in [6.45, 7) is 5.23. The van der Waals surface area contributed by atoms with Gasteiger partial charge in [-0.05, 0) is 12.1 Å². The van der Waals surface area contributed by atoms with Gasteiger partial charge in [0, 0.05) is 32.2 Å². The fraction of sp³-hybridized carbons (Fsp3) is 0.400. The van der Waals surface area contributed by atoms with Gasteiger partial charge in [-0.15, -0.1) is 0 Å². The molecule has 4 nitrogen and oxygen atoms in total. The van der Waals surface area contributed by atoms with Gasteiger partial charge in [0.25, 0.3) is 0 Å². The van der Waals surface area contributed by atoms with E-state index < -0.39 is 0 Å². The summed E-state index contributed by atoms with van der Waals surface area (Å²) in [7, 11) is 3.45. The molecule has 1 aromatic carbocycles. The minimum absolute atomic E-state index is 0.627. The van der Waals surface area contributed by atoms with Gasteiger partial charge < -0.3 is 19.3 Å². The summed E-state index contributed by atoms with van der Waals surface area (Å²) in [4.78, 5) is 4.80. The number of rotatable bonds is 2. The maximum Gasteiger partial charge on any atom is 0.184 e. The van der Waals surface area contributed by atoms with Gasteiger partial charge in [0.2, 0.25) is 0 Å². The molecular formula is C15H16N2O2S3. The Bertz CT molecular complexity index is 720. The molecule has 0 saturated carbocycles. The topological polar surface area (TPSA) is 24.9 Å². The van der Waals surface area contributed by atoms with Gasteiger partial charge in [0.05, 0.1) is 5.69 Å². The lowest BCUT2D eigenvalue weighted by Crippen LogP contribution is -2.46. The lowest BCUT2D eigenvalue weighted by molar-refractivity contribution is 0.172. The molecular weight excluding hydrogens is 336 g/mol. The van der Waals surface area contributed by atoms with E-state index in [-0.39, 0.29) is 0 Å². The first kappa shape index (κ1) is 14.3. The van der Waals surface area contributed by atoms with Crippen molar-refractivity contribution in [2.75, 3.05) is 49.2 Å². The average Bonchev–Trinajstić information content (AvgIpc) is 3.01. The number of para-hydroxylation sites is 1. The van der Waals surface area contributed by atoms with Crippen LogP contribution in [0.15, 0.2) is 24.3 Å². The van der Waals surface area contributed by atoms with E-state index in [1.54, 1.807) is 20.7 Å². The Balaban J connectivity index is 1.51. The van der Waals surface area contributed by atoms with Crippen molar-refractivity contribution >= 4 is 43.6 Å². The molecule has 0 bridgehead atoms. The van der Waals surface area contributed by atoms with Crippen LogP contribution >= 0.6 is 32.9 Å². The molecule has 0 unspecified atom stereocenters. The monoisotopic (exact) mass is 352 g/mol. The van der Waals surface area contributed by atoms with Crippen LogP contribution in [0.5, 0.6) is 11.5 Å². The van der Waals surface area contributed by atoms with Crippen LogP contribution in [0.4, 0.5) is 10.7 Å². The van der Waals surface area contributed by atoms with Crippen molar-refractivity contribution in [3.63, 3.8) is 0 Å². The lowest BCUT2D eigenvalue weighted by Gasteiger charge is -2.37. The molecule has 116 valence electrons. The highest BCUT2D eigenvalue weighted by molar-refractivity contribution is 7.80. The SMILES string of the molecule is S=c1cc(N2CCN(c3cccc4c3OCCO4)CC2)ss1. The molecule has 1 aromatic heterocycles. The van der Waals surface area contributed by atoms with E-state index in [1.165, 1.54) is 5.00 Å². The van der Waals surface area contributed by atoms with Gasteiger partial charge in [-0.25, -0.2) is 0 Å². The van der Waals surface area contributed by atoms with Crippen molar-refractivity contribution in [3.8, 4) is 11.5 Å². The van der Waals surface area contributed by atoms with Crippen molar-refractivity contribution in [1.29, 1.82) is 0 Å². The van der Waals surface area contributed by atoms with E-state index in [0.29, 0.717) is 13.2 Å². The van der Waals surface area contributed by atoms with Crippen LogP contribution in [0.25, 0.3) is 0 Å². The fourth-order valence-corrected chi connectivity index (χ4v) is 5.31. The van der Waals surface area contributed by atoms with Gasteiger partial charge in [-0.1, -0.05) is 39.0 Å². The van der Waals surface area contributed by atoms with Gasteiger partial charge in [-0.2, -0.15) is 0 Å². The molecule has 0 atom stereocenters. The Labute approximate surface area is 141 Å². The molecule has 7 heteroatoms. The molecule has 4 rings (SSSR count). The zero-order chi connectivity index (χ0) is 14.9. The summed E-state index contributed by atoms with van der Waals surface area (Å²) in [6.07, 6.45) is 0. The average molecular weight is 353 g/mol. The number of benzene rings is 1. The normalized spacial score (nSPS) is 17.6. The summed E-state index contributed by atoms with van der Waals surface area (Å²) in [5.74, 6) is 1.76. The first-order valence-electron chi connectivity index (χ1n) is 7.30. The van der Waals surface area contributed by atoms with Gasteiger partial charge >= 0.3 is 0 Å². The maximum absolute atomic E-state index is 5.83. The molecule has 2 aromatic rings. The molecule has 0 radical (unpaired) electrons. The van der Waals surface area contributed by atoms with Crippen molar-refractivity contribution in [3.05, 3.63) is 28.1 Å². The van der Waals surface area contributed by atoms with E-state index in [1.807, 2.05) is 12.1 Å². The fourth-order valence-electron chi connectivity index (χ4n) is 2.85. The van der Waals surface area contributed by atoms with Crippen LogP contribution in [0.1, 0.15) is 0 Å². The van der Waals surface area contributed by atoms with Crippen LogP contribution in [-0.4, -0.2) is 39.4 Å². The van der Waals surface area contributed by atoms with Crippen molar-refractivity contribution in [2.24, 2.45) is 0 Å². The quantitative estimate of drug-likeness (QED) is 0.607. The molecule has 1 saturated heterocycles. The zero-order valence-corrected chi connectivity index (χ0v) is 14.4. The van der Waals surface area contributed by atoms with E-state index in [4.69, 9.17) is 21.7 Å². The second-order valence-corrected chi connectivity index (χ2v) is 8.13. The number of hydrogen-bond donors (Lipinski definition) is 0. The molecule has 0 spiro atoms. The minimum Gasteiger partial charge on any atom is -0.486 e. The van der Waals surface area contributed by atoms with Crippen molar-refractivity contribution in [2.45, 2.75) is 0 Å². The van der Waals surface area contributed by atoms with E-state index in [0.717, 1.165) is 47.2 Å². The molecule has 2 aliphatic heterocycles. The molecule has 0 amide bonds. The highest BCUT2D eigenvalue weighted by Crippen LogP contribution is 2.40. The van der Waals surface area contributed by atoms with Crippen LogP contribution in [-0.2, 0) is 0 Å². The van der Waals surface area contributed by atoms with Crippen LogP contribution < -0.4 is 19.3 Å². The van der Waals surface area contributed by atoms with Crippen LogP contribution in [0.3, 0.4) is 0 Å². The highest BCUT2D eigenvalue weighted by atomic mass is 32.9. The van der Waals surface area contributed by atoms with Crippen LogP contribution in [0.2, 0.25) is 0 Å². The lowest BCUT2D eigenvalue weighted by atomic mass is 10.2. The number of hydrogen-bond acceptors (Lipinski definition) is 7. The third kappa shape index (κ3) is 2.68. The van der Waals surface area contributed by atoms with Gasteiger partial charge in [0.15, 0.2) is 11.5 Å². The molecule has 2 aliphatic rings. The third-order valence-corrected chi connectivity index (χ3v) is 6.83. The number of anilines is 2. The first-order chi connectivity index (χ1) is 10.8. The summed E-state index contributed by atoms with van der Waals surface area (Å²) < 4.78 is 12.5. The molecule has 1 fully saturated rings. The minimum atomic E-state index is 0.627. The van der Waals surface area contributed by atoms with Crippen LogP contribution in [0, 0.1) is 3.82 Å². The molecule has 0 aliphatic carbocycles. The number of piperazine rings is 1. The smallest absolute Gasteiger partial charge is 0.184 e. The molecule has 0 N–H and O–H groups in total. The summed E-state index contributed by atoms with van der Waals surface area (Å²) in [5, 5.41) is 1.30. The first-order valence-corrected chi connectivity index (χ1v) is 9.86. The standard InChI is InChI=1S/C15H16N2O2S3/c20-14-10-13(21-22-14)17-6-4-16(5-7-17)11-2-1-3-12-15(11)19-9-8-18-12/h1-3,10H,4-9H2. The number of ether oxygens (including phenoxy) is 2. The largest absolute Gasteiger partial charge is 0.486 e. The highest BCUT2D eigenvalue weighted by Gasteiger charge is 2.24. The summed E-state index contributed by atoms with van der Waals surface area (Å²) in [6, 6.07) is 8.26. The Morgan fingerprint density at radius 2 is 1.73 bits per heavy atom. The van der Waals surface area contributed by atoms with Gasteiger partial charge in [0.1, 0.15) is 22.0 Å². The Kier molecular flexibility index (Phi) is 3.94. The Morgan fingerprint density at radius 1 is 0.955 bits per heavy atom. The second-order valence-electron chi connectivity index (χ2n) is 5.24. The van der Waals surface area contributed by atoms with E-state index in [2.05, 4.69) is 21.9 Å². The van der Waals surface area contributed by atoms with Gasteiger partial charge in [-0.3, -0.25) is 0 Å². The van der Waals surface area contributed by atoms with Crippen molar-refractivity contribution < 1.29 is 9.47 Å². The molecule has 22 heavy (non-hydrogen) atoms. The number of nitrogens with zero attached hydrogens (tertiary/aromatic N) is 2. The third-order valence-electron chi connectivity index (χ3n) is 3.93. The Morgan fingerprint density at radius 3 is 2.50 bits per heavy atom. The van der Waals surface area contributed by atoms with Crippen molar-refractivity contribution in [1.82, 2.24) is 0 Å². The summed E-state index contributed by atoms with van der Waals surface area (Å²) in [5.41, 5.74) is 1.15. The van der Waals surface area contributed by atoms with E-state index in [9.17, 15) is 0 Å².